The highest BCUT2D eigenvalue weighted by Gasteiger charge is 2.22. The summed E-state index contributed by atoms with van der Waals surface area (Å²) in [6, 6.07) is 11.7. The molecule has 0 aromatic heterocycles. The van der Waals surface area contributed by atoms with E-state index in [4.69, 9.17) is 5.26 Å². The average Bonchev–Trinajstić information content (AvgIpc) is 2.53. The van der Waals surface area contributed by atoms with Crippen LogP contribution in [0.4, 0.5) is 4.39 Å². The monoisotopic (exact) mass is 320 g/mol. The Kier molecular flexibility index (Phi) is 4.88. The molecular weight excluding hydrogens is 307 g/mol. The van der Waals surface area contributed by atoms with Crippen molar-refractivity contribution >= 4 is 10.0 Å². The molecule has 2 aromatic rings. The smallest absolute Gasteiger partial charge is 0.241 e. The lowest BCUT2D eigenvalue weighted by Gasteiger charge is -2.17. The van der Waals surface area contributed by atoms with Crippen molar-refractivity contribution in [3.63, 3.8) is 0 Å². The van der Waals surface area contributed by atoms with E-state index in [1.807, 2.05) is 6.07 Å². The summed E-state index contributed by atoms with van der Waals surface area (Å²) in [6.45, 7) is -0.587. The Morgan fingerprint density at radius 1 is 1.18 bits per heavy atom. The highest BCUT2D eigenvalue weighted by Crippen LogP contribution is 2.20. The Balaban J connectivity index is 2.30. The van der Waals surface area contributed by atoms with Crippen LogP contribution in [0, 0.1) is 17.1 Å². The summed E-state index contributed by atoms with van der Waals surface area (Å²) in [5.41, 5.74) is 0.383. The number of aliphatic hydroxyl groups is 1. The Hall–Kier alpha value is -2.27. The molecule has 114 valence electrons. The molecule has 0 aliphatic heterocycles. The topological polar surface area (TPSA) is 90.2 Å². The van der Waals surface area contributed by atoms with Crippen molar-refractivity contribution in [3.8, 4) is 6.07 Å². The van der Waals surface area contributed by atoms with E-state index in [9.17, 15) is 17.9 Å². The molecule has 0 aliphatic rings. The maximum absolute atomic E-state index is 13.7. The lowest BCUT2D eigenvalue weighted by Crippen LogP contribution is -2.31. The van der Waals surface area contributed by atoms with Crippen LogP contribution in [-0.4, -0.2) is 20.1 Å². The first-order valence-electron chi connectivity index (χ1n) is 6.35. The van der Waals surface area contributed by atoms with E-state index < -0.39 is 28.5 Å². The van der Waals surface area contributed by atoms with Gasteiger partial charge in [0.25, 0.3) is 0 Å². The van der Waals surface area contributed by atoms with Gasteiger partial charge in [-0.2, -0.15) is 5.26 Å². The van der Waals surface area contributed by atoms with Crippen LogP contribution < -0.4 is 4.72 Å². The largest absolute Gasteiger partial charge is 0.394 e. The summed E-state index contributed by atoms with van der Waals surface area (Å²) >= 11 is 0. The van der Waals surface area contributed by atoms with Gasteiger partial charge in [-0.1, -0.05) is 18.2 Å². The summed E-state index contributed by atoms with van der Waals surface area (Å²) in [6.07, 6.45) is 0. The third-order valence-electron chi connectivity index (χ3n) is 3.05. The number of aliphatic hydroxyl groups excluding tert-OH is 1. The Bertz CT molecular complexity index is 798. The molecule has 0 saturated carbocycles. The maximum atomic E-state index is 13.7. The highest BCUT2D eigenvalue weighted by molar-refractivity contribution is 7.89. The molecule has 0 aliphatic carbocycles. The number of nitriles is 1. The second-order valence-electron chi connectivity index (χ2n) is 4.51. The van der Waals surface area contributed by atoms with Gasteiger partial charge < -0.3 is 5.11 Å². The number of rotatable bonds is 5. The standard InChI is InChI=1S/C15H13FN2O3S/c16-14-4-2-1-3-13(14)15(10-19)18-22(20,21)12-7-5-11(9-17)6-8-12/h1-8,15,18-19H,10H2/t15-/m0/s1. The summed E-state index contributed by atoms with van der Waals surface area (Å²) in [7, 11) is -3.95. The first-order valence-corrected chi connectivity index (χ1v) is 7.84. The molecule has 0 spiro atoms. The van der Waals surface area contributed by atoms with Gasteiger partial charge in [0.15, 0.2) is 0 Å². The molecule has 2 aromatic carbocycles. The zero-order chi connectivity index (χ0) is 16.2. The lowest BCUT2D eigenvalue weighted by atomic mass is 10.1. The number of hydrogen-bond acceptors (Lipinski definition) is 4. The van der Waals surface area contributed by atoms with E-state index in [2.05, 4.69) is 4.72 Å². The van der Waals surface area contributed by atoms with Gasteiger partial charge in [-0.15, -0.1) is 0 Å². The van der Waals surface area contributed by atoms with Gasteiger partial charge in [0.1, 0.15) is 5.82 Å². The quantitative estimate of drug-likeness (QED) is 0.877. The number of nitrogens with zero attached hydrogens (tertiary/aromatic N) is 1. The lowest BCUT2D eigenvalue weighted by molar-refractivity contribution is 0.256. The van der Waals surface area contributed by atoms with Crippen molar-refractivity contribution in [3.05, 3.63) is 65.5 Å². The van der Waals surface area contributed by atoms with Gasteiger partial charge in [-0.3, -0.25) is 0 Å². The average molecular weight is 320 g/mol. The van der Waals surface area contributed by atoms with E-state index >= 15 is 0 Å². The zero-order valence-electron chi connectivity index (χ0n) is 11.4. The first-order chi connectivity index (χ1) is 10.5. The fourth-order valence-electron chi connectivity index (χ4n) is 1.92. The van der Waals surface area contributed by atoms with E-state index in [-0.39, 0.29) is 10.5 Å². The Labute approximate surface area is 127 Å². The second kappa shape index (κ2) is 6.66. The number of sulfonamides is 1. The maximum Gasteiger partial charge on any atom is 0.241 e. The van der Waals surface area contributed by atoms with Gasteiger partial charge in [0.2, 0.25) is 10.0 Å². The predicted octanol–water partition coefficient (Wildman–Crippen LogP) is 1.71. The molecule has 0 bridgehead atoms. The van der Waals surface area contributed by atoms with Crippen LogP contribution in [0.2, 0.25) is 0 Å². The number of benzene rings is 2. The third kappa shape index (κ3) is 3.49. The van der Waals surface area contributed by atoms with Gasteiger partial charge >= 0.3 is 0 Å². The Morgan fingerprint density at radius 2 is 1.82 bits per heavy atom. The molecule has 0 amide bonds. The van der Waals surface area contributed by atoms with Crippen molar-refractivity contribution in [1.82, 2.24) is 4.72 Å². The van der Waals surface area contributed by atoms with Crippen LogP contribution in [0.1, 0.15) is 17.2 Å². The molecule has 22 heavy (non-hydrogen) atoms. The van der Waals surface area contributed by atoms with Crippen molar-refractivity contribution in [2.45, 2.75) is 10.9 Å². The minimum atomic E-state index is -3.95. The minimum Gasteiger partial charge on any atom is -0.394 e. The van der Waals surface area contributed by atoms with Crippen LogP contribution in [0.3, 0.4) is 0 Å². The third-order valence-corrected chi connectivity index (χ3v) is 4.54. The fourth-order valence-corrected chi connectivity index (χ4v) is 3.13. The van der Waals surface area contributed by atoms with E-state index in [0.29, 0.717) is 5.56 Å². The van der Waals surface area contributed by atoms with Crippen molar-refractivity contribution in [1.29, 1.82) is 5.26 Å². The summed E-state index contributed by atoms with van der Waals surface area (Å²) in [5.74, 6) is -0.607. The Morgan fingerprint density at radius 3 is 2.36 bits per heavy atom. The van der Waals surface area contributed by atoms with Crippen LogP contribution in [0.25, 0.3) is 0 Å². The van der Waals surface area contributed by atoms with Crippen LogP contribution >= 0.6 is 0 Å². The van der Waals surface area contributed by atoms with Crippen molar-refractivity contribution in [2.24, 2.45) is 0 Å². The number of halogens is 1. The van der Waals surface area contributed by atoms with Crippen molar-refractivity contribution < 1.29 is 17.9 Å². The van der Waals surface area contributed by atoms with E-state index in [1.165, 1.54) is 42.5 Å². The van der Waals surface area contributed by atoms with Crippen LogP contribution in [-0.2, 0) is 10.0 Å². The van der Waals surface area contributed by atoms with Gasteiger partial charge in [-0.05, 0) is 30.3 Å². The molecular formula is C15H13FN2O3S. The molecule has 5 nitrogen and oxygen atoms in total. The molecule has 2 rings (SSSR count). The summed E-state index contributed by atoms with van der Waals surface area (Å²) in [5, 5.41) is 18.1. The second-order valence-corrected chi connectivity index (χ2v) is 6.23. The molecule has 0 heterocycles. The molecule has 0 unspecified atom stereocenters. The van der Waals surface area contributed by atoms with Gasteiger partial charge in [-0.25, -0.2) is 17.5 Å². The SMILES string of the molecule is N#Cc1ccc(S(=O)(=O)N[C@@H](CO)c2ccccc2F)cc1. The minimum absolute atomic E-state index is 0.0576. The van der Waals surface area contributed by atoms with E-state index in [1.54, 1.807) is 6.07 Å². The van der Waals surface area contributed by atoms with Gasteiger partial charge in [0.05, 0.1) is 29.2 Å². The number of nitrogens with one attached hydrogen (secondary N) is 1. The first kappa shape index (κ1) is 16.1. The van der Waals surface area contributed by atoms with Crippen LogP contribution in [0.15, 0.2) is 53.4 Å². The van der Waals surface area contributed by atoms with Crippen molar-refractivity contribution in [2.75, 3.05) is 6.61 Å². The fraction of sp³-hybridized carbons (Fsp3) is 0.133. The molecule has 2 N–H and O–H groups in total. The van der Waals surface area contributed by atoms with Crippen LogP contribution in [0.5, 0.6) is 0 Å². The summed E-state index contributed by atoms with van der Waals surface area (Å²) < 4.78 is 40.5. The highest BCUT2D eigenvalue weighted by atomic mass is 32.2. The molecule has 1 atom stereocenters. The molecule has 0 saturated heterocycles. The normalized spacial score (nSPS) is 12.6. The molecule has 7 heteroatoms. The molecule has 0 fully saturated rings. The summed E-state index contributed by atoms with van der Waals surface area (Å²) in [4.78, 5) is -0.0683. The predicted molar refractivity (Wildman–Crippen MR) is 77.7 cm³/mol. The number of hydrogen-bond donors (Lipinski definition) is 2. The molecule has 0 radical (unpaired) electrons. The zero-order valence-corrected chi connectivity index (χ0v) is 12.2. The van der Waals surface area contributed by atoms with E-state index in [0.717, 1.165) is 0 Å². The van der Waals surface area contributed by atoms with Gasteiger partial charge in [0, 0.05) is 5.56 Å².